The van der Waals surface area contributed by atoms with Gasteiger partial charge in [0.15, 0.2) is 0 Å². The van der Waals surface area contributed by atoms with Gasteiger partial charge < -0.3 is 4.90 Å². The van der Waals surface area contributed by atoms with Crippen LogP contribution in [0.1, 0.15) is 99.8 Å². The Labute approximate surface area is 221 Å². The lowest BCUT2D eigenvalue weighted by Gasteiger charge is -2.24. The van der Waals surface area contributed by atoms with E-state index in [0.717, 1.165) is 23.6 Å². The Morgan fingerprint density at radius 3 is 2.16 bits per heavy atom. The van der Waals surface area contributed by atoms with E-state index in [1.807, 2.05) is 24.0 Å². The summed E-state index contributed by atoms with van der Waals surface area (Å²) in [6.45, 7) is 13.3. The summed E-state index contributed by atoms with van der Waals surface area (Å²) in [6.07, 6.45) is 10.5. The second-order valence-corrected chi connectivity index (χ2v) is 11.9. The molecule has 1 saturated carbocycles. The van der Waals surface area contributed by atoms with Crippen LogP contribution in [0, 0.1) is 18.6 Å². The van der Waals surface area contributed by atoms with Crippen LogP contribution in [0.25, 0.3) is 17.1 Å². The van der Waals surface area contributed by atoms with Crippen LogP contribution in [0.3, 0.4) is 0 Å². The average Bonchev–Trinajstić information content (AvgIpc) is 3.59. The third kappa shape index (κ3) is 4.87. The molecule has 1 aliphatic heterocycles. The molecule has 0 amide bonds. The first-order valence-electron chi connectivity index (χ1n) is 14.1. The van der Waals surface area contributed by atoms with Gasteiger partial charge in [-0.05, 0) is 87.1 Å². The maximum absolute atomic E-state index is 15.2. The standard InChI is InChI=1S/C32H42F2N3/c1-20(2)27-17-24(23-9-10-26(16-23)36-11-7-8-12-36)18-28(21(3)4)31(27)37-14-13-35(6)32(37)30-22(5)15-25(33)19-29(30)34/h13-15,17-21,23,26H,7-12,16H2,1-6H3/q+1. The number of rotatable bonds is 6. The molecule has 1 aromatic heterocycles. The van der Waals surface area contributed by atoms with Crippen molar-refractivity contribution in [1.29, 1.82) is 0 Å². The van der Waals surface area contributed by atoms with Crippen molar-refractivity contribution in [3.05, 3.63) is 70.5 Å². The zero-order valence-corrected chi connectivity index (χ0v) is 23.3. The minimum Gasteiger partial charge on any atom is -0.300 e. The summed E-state index contributed by atoms with van der Waals surface area (Å²) < 4.78 is 33.3. The maximum Gasteiger partial charge on any atom is 0.297 e. The third-order valence-electron chi connectivity index (χ3n) is 8.69. The van der Waals surface area contributed by atoms with E-state index in [4.69, 9.17) is 0 Å². The van der Waals surface area contributed by atoms with E-state index in [1.165, 1.54) is 68.0 Å². The summed E-state index contributed by atoms with van der Waals surface area (Å²) in [6, 6.07) is 7.99. The molecular formula is C32H42F2N3+. The topological polar surface area (TPSA) is 12.1 Å². The SMILES string of the molecule is Cc1cc(F)cc(F)c1-c1n(-c2c(C(C)C)cc(C3CCC(N4CCCC4)C3)cc2C(C)C)cc[n+]1C. The van der Waals surface area contributed by atoms with Gasteiger partial charge in [-0.3, -0.25) is 0 Å². The molecule has 198 valence electrons. The normalized spacial score (nSPS) is 20.6. The molecule has 0 N–H and O–H groups in total. The highest BCUT2D eigenvalue weighted by atomic mass is 19.1. The molecular weight excluding hydrogens is 464 g/mol. The fourth-order valence-corrected chi connectivity index (χ4v) is 6.74. The molecule has 2 unspecified atom stereocenters. The van der Waals surface area contributed by atoms with Crippen LogP contribution in [0.2, 0.25) is 0 Å². The van der Waals surface area contributed by atoms with Crippen molar-refractivity contribution >= 4 is 0 Å². The molecule has 2 atom stereocenters. The van der Waals surface area contributed by atoms with Gasteiger partial charge in [-0.25, -0.2) is 13.3 Å². The van der Waals surface area contributed by atoms with Crippen LogP contribution in [-0.4, -0.2) is 28.6 Å². The Morgan fingerprint density at radius 1 is 0.919 bits per heavy atom. The van der Waals surface area contributed by atoms with Crippen molar-refractivity contribution in [3.8, 4) is 17.1 Å². The Hall–Kier alpha value is -2.53. The first kappa shape index (κ1) is 26.1. The quantitative estimate of drug-likeness (QED) is 0.315. The average molecular weight is 507 g/mol. The lowest BCUT2D eigenvalue weighted by atomic mass is 9.85. The van der Waals surface area contributed by atoms with Crippen LogP contribution < -0.4 is 4.57 Å². The van der Waals surface area contributed by atoms with Gasteiger partial charge in [-0.1, -0.05) is 39.8 Å². The van der Waals surface area contributed by atoms with Crippen LogP contribution in [-0.2, 0) is 7.05 Å². The van der Waals surface area contributed by atoms with Crippen LogP contribution in [0.5, 0.6) is 0 Å². The molecule has 1 aliphatic carbocycles. The predicted molar refractivity (Wildman–Crippen MR) is 146 cm³/mol. The van der Waals surface area contributed by atoms with Gasteiger partial charge in [0.1, 0.15) is 35.3 Å². The summed E-state index contributed by atoms with van der Waals surface area (Å²) in [5.41, 5.74) is 6.24. The van der Waals surface area contributed by atoms with E-state index in [-0.39, 0.29) is 0 Å². The molecule has 3 nitrogen and oxygen atoms in total. The lowest BCUT2D eigenvalue weighted by Crippen LogP contribution is -2.30. The minimum absolute atomic E-state index is 0.308. The van der Waals surface area contributed by atoms with Crippen molar-refractivity contribution in [1.82, 2.24) is 9.47 Å². The van der Waals surface area contributed by atoms with Crippen molar-refractivity contribution in [2.75, 3.05) is 13.1 Å². The van der Waals surface area contributed by atoms with Crippen molar-refractivity contribution in [2.24, 2.45) is 7.05 Å². The van der Waals surface area contributed by atoms with E-state index in [2.05, 4.69) is 49.3 Å². The molecule has 37 heavy (non-hydrogen) atoms. The minimum atomic E-state index is -0.543. The van der Waals surface area contributed by atoms with Gasteiger partial charge in [0.2, 0.25) is 0 Å². The second-order valence-electron chi connectivity index (χ2n) is 11.9. The predicted octanol–water partition coefficient (Wildman–Crippen LogP) is 7.53. The number of imidazole rings is 1. The number of halogens is 2. The molecule has 0 spiro atoms. The van der Waals surface area contributed by atoms with Gasteiger partial charge in [0, 0.05) is 23.2 Å². The van der Waals surface area contributed by atoms with E-state index < -0.39 is 11.6 Å². The number of benzene rings is 2. The van der Waals surface area contributed by atoms with E-state index >= 15 is 4.39 Å². The van der Waals surface area contributed by atoms with E-state index in [0.29, 0.717) is 28.9 Å². The van der Waals surface area contributed by atoms with Gasteiger partial charge in [0.05, 0.1) is 7.05 Å². The smallest absolute Gasteiger partial charge is 0.297 e. The number of nitrogens with zero attached hydrogens (tertiary/aromatic N) is 3. The van der Waals surface area contributed by atoms with Crippen molar-refractivity contribution in [2.45, 2.75) is 90.5 Å². The molecule has 2 aliphatic rings. The molecule has 2 fully saturated rings. The van der Waals surface area contributed by atoms with Crippen molar-refractivity contribution in [3.63, 3.8) is 0 Å². The monoisotopic (exact) mass is 506 g/mol. The highest BCUT2D eigenvalue weighted by molar-refractivity contribution is 5.64. The van der Waals surface area contributed by atoms with Gasteiger partial charge in [0.25, 0.3) is 5.82 Å². The summed E-state index contributed by atoms with van der Waals surface area (Å²) in [5, 5.41) is 0. The zero-order chi connectivity index (χ0) is 26.4. The van der Waals surface area contributed by atoms with Gasteiger partial charge >= 0.3 is 0 Å². The van der Waals surface area contributed by atoms with Gasteiger partial charge in [-0.15, -0.1) is 0 Å². The lowest BCUT2D eigenvalue weighted by molar-refractivity contribution is -0.659. The molecule has 2 heterocycles. The Bertz CT molecular complexity index is 1230. The summed E-state index contributed by atoms with van der Waals surface area (Å²) in [5.74, 6) is 0.873. The Morgan fingerprint density at radius 2 is 1.57 bits per heavy atom. The first-order chi connectivity index (χ1) is 17.7. The van der Waals surface area contributed by atoms with Crippen LogP contribution in [0.15, 0.2) is 36.7 Å². The number of likely N-dealkylation sites (tertiary alicyclic amines) is 1. The maximum atomic E-state index is 15.2. The summed E-state index contributed by atoms with van der Waals surface area (Å²) >= 11 is 0. The Balaban J connectivity index is 1.64. The second kappa shape index (κ2) is 10.3. The third-order valence-corrected chi connectivity index (χ3v) is 8.69. The van der Waals surface area contributed by atoms with Crippen LogP contribution in [0.4, 0.5) is 8.78 Å². The molecule has 0 bridgehead atoms. The largest absolute Gasteiger partial charge is 0.300 e. The highest BCUT2D eigenvalue weighted by Gasteiger charge is 2.34. The van der Waals surface area contributed by atoms with Crippen molar-refractivity contribution < 1.29 is 13.3 Å². The molecule has 0 radical (unpaired) electrons. The fourth-order valence-electron chi connectivity index (χ4n) is 6.74. The number of aryl methyl sites for hydroxylation is 2. The molecule has 2 aromatic carbocycles. The zero-order valence-electron chi connectivity index (χ0n) is 23.3. The molecule has 1 saturated heterocycles. The molecule has 5 rings (SSSR count). The fraction of sp³-hybridized carbons (Fsp3) is 0.531. The van der Waals surface area contributed by atoms with E-state index in [9.17, 15) is 4.39 Å². The van der Waals surface area contributed by atoms with Crippen LogP contribution >= 0.6 is 0 Å². The number of hydrogen-bond acceptors (Lipinski definition) is 1. The highest BCUT2D eigenvalue weighted by Crippen LogP contribution is 2.42. The number of aromatic nitrogens is 2. The molecule has 3 aromatic rings. The Kier molecular flexibility index (Phi) is 7.28. The molecule has 5 heteroatoms. The first-order valence-corrected chi connectivity index (χ1v) is 14.1. The van der Waals surface area contributed by atoms with Gasteiger partial charge in [-0.2, -0.15) is 4.57 Å². The summed E-state index contributed by atoms with van der Waals surface area (Å²) in [4.78, 5) is 2.72. The number of hydrogen-bond donors (Lipinski definition) is 0. The summed E-state index contributed by atoms with van der Waals surface area (Å²) in [7, 11) is 1.93. The van der Waals surface area contributed by atoms with E-state index in [1.54, 1.807) is 6.92 Å².